The molecule has 1 aliphatic heterocycles. The van der Waals surface area contributed by atoms with Crippen molar-refractivity contribution in [2.75, 3.05) is 32.8 Å². The van der Waals surface area contributed by atoms with Gasteiger partial charge in [0.25, 0.3) is 0 Å². The lowest BCUT2D eigenvalue weighted by molar-refractivity contribution is -0.137. The van der Waals surface area contributed by atoms with Gasteiger partial charge >= 0.3 is 6.18 Å². The van der Waals surface area contributed by atoms with Crippen LogP contribution >= 0.6 is 11.6 Å². The van der Waals surface area contributed by atoms with Gasteiger partial charge in [-0.3, -0.25) is 4.90 Å². The highest BCUT2D eigenvalue weighted by Crippen LogP contribution is 2.36. The number of rotatable bonds is 4. The molecule has 0 spiro atoms. The van der Waals surface area contributed by atoms with Gasteiger partial charge in [0.1, 0.15) is 0 Å². The predicted molar refractivity (Wildman–Crippen MR) is 75.3 cm³/mol. The normalized spacial score (nSPS) is 18.7. The van der Waals surface area contributed by atoms with E-state index < -0.39 is 11.7 Å². The highest BCUT2D eigenvalue weighted by Gasteiger charge is 2.32. The molecule has 1 aromatic carbocycles. The molecule has 1 heterocycles. The highest BCUT2D eigenvalue weighted by molar-refractivity contribution is 6.31. The lowest BCUT2D eigenvalue weighted by atomic mass is 9.99. The minimum absolute atomic E-state index is 0.0961. The third-order valence-corrected chi connectivity index (χ3v) is 4.02. The number of hydrogen-bond donors (Lipinski definition) is 2. The van der Waals surface area contributed by atoms with Crippen LogP contribution in [0, 0.1) is 0 Å². The van der Waals surface area contributed by atoms with Gasteiger partial charge in [-0.25, -0.2) is 0 Å². The quantitative estimate of drug-likeness (QED) is 0.894. The summed E-state index contributed by atoms with van der Waals surface area (Å²) in [5.41, 5.74) is -0.276. The first-order valence-corrected chi connectivity index (χ1v) is 7.23. The number of nitrogens with one attached hydrogen (secondary N) is 1. The zero-order chi connectivity index (χ0) is 15.5. The van der Waals surface area contributed by atoms with E-state index in [4.69, 9.17) is 11.6 Å². The van der Waals surface area contributed by atoms with Crippen LogP contribution in [0.25, 0.3) is 0 Å². The van der Waals surface area contributed by atoms with Crippen molar-refractivity contribution in [3.8, 4) is 0 Å². The fraction of sp³-hybridized carbons (Fsp3) is 0.571. The molecule has 0 saturated carbocycles. The molecule has 1 saturated heterocycles. The summed E-state index contributed by atoms with van der Waals surface area (Å²) in [5, 5.41) is 12.7. The molecule has 1 atom stereocenters. The third kappa shape index (κ3) is 4.10. The Morgan fingerprint density at radius 2 is 1.95 bits per heavy atom. The van der Waals surface area contributed by atoms with Gasteiger partial charge in [0.05, 0.1) is 5.56 Å². The maximum Gasteiger partial charge on any atom is 0.416 e. The molecule has 118 valence electrons. The Labute approximate surface area is 126 Å². The van der Waals surface area contributed by atoms with E-state index in [1.165, 1.54) is 6.07 Å². The molecule has 0 bridgehead atoms. The van der Waals surface area contributed by atoms with Crippen molar-refractivity contribution in [1.29, 1.82) is 0 Å². The zero-order valence-corrected chi connectivity index (χ0v) is 12.2. The first-order chi connectivity index (χ1) is 9.93. The Morgan fingerprint density at radius 1 is 1.29 bits per heavy atom. The second kappa shape index (κ2) is 6.96. The van der Waals surface area contributed by atoms with Crippen LogP contribution in [0.3, 0.4) is 0 Å². The van der Waals surface area contributed by atoms with Gasteiger partial charge in [-0.1, -0.05) is 11.6 Å². The van der Waals surface area contributed by atoms with E-state index in [-0.39, 0.29) is 12.6 Å². The molecule has 0 aliphatic carbocycles. The topological polar surface area (TPSA) is 35.5 Å². The summed E-state index contributed by atoms with van der Waals surface area (Å²) in [6.07, 6.45) is -4.03. The second-order valence-electron chi connectivity index (χ2n) is 5.05. The van der Waals surface area contributed by atoms with Gasteiger partial charge in [-0.2, -0.15) is 13.2 Å². The number of nitrogens with zero attached hydrogens (tertiary/aromatic N) is 1. The van der Waals surface area contributed by atoms with E-state index >= 15 is 0 Å². The average Bonchev–Trinajstić information content (AvgIpc) is 2.45. The molecule has 2 N–H and O–H groups in total. The van der Waals surface area contributed by atoms with Crippen LogP contribution in [-0.4, -0.2) is 42.8 Å². The summed E-state index contributed by atoms with van der Waals surface area (Å²) in [7, 11) is 0. The summed E-state index contributed by atoms with van der Waals surface area (Å²) in [6, 6.07) is 3.07. The molecule has 2 rings (SSSR count). The molecule has 1 aromatic rings. The van der Waals surface area contributed by atoms with Crippen molar-refractivity contribution < 1.29 is 18.3 Å². The standard InChI is InChI=1S/C14H18ClF3N2O/c15-12-2-1-10(14(16,17)18)9-11(12)13(3-8-21)20-6-4-19-5-7-20/h1-2,9,13,19,21H,3-8H2/t13-/m1/s1. The van der Waals surface area contributed by atoms with Gasteiger partial charge in [0.15, 0.2) is 0 Å². The van der Waals surface area contributed by atoms with E-state index in [1.807, 2.05) is 0 Å². The van der Waals surface area contributed by atoms with Gasteiger partial charge in [-0.05, 0) is 30.2 Å². The van der Waals surface area contributed by atoms with Crippen molar-refractivity contribution in [3.05, 3.63) is 34.3 Å². The van der Waals surface area contributed by atoms with E-state index in [0.717, 1.165) is 38.3 Å². The molecule has 1 aliphatic rings. The molecule has 0 amide bonds. The summed E-state index contributed by atoms with van der Waals surface area (Å²) in [5.74, 6) is 0. The van der Waals surface area contributed by atoms with Crippen LogP contribution in [-0.2, 0) is 6.18 Å². The number of alkyl halides is 3. The minimum Gasteiger partial charge on any atom is -0.396 e. The Kier molecular flexibility index (Phi) is 5.48. The first kappa shape index (κ1) is 16.5. The third-order valence-electron chi connectivity index (χ3n) is 3.68. The van der Waals surface area contributed by atoms with Gasteiger partial charge < -0.3 is 10.4 Å². The van der Waals surface area contributed by atoms with Crippen LogP contribution in [0.4, 0.5) is 13.2 Å². The monoisotopic (exact) mass is 322 g/mol. The molecular weight excluding hydrogens is 305 g/mol. The molecule has 21 heavy (non-hydrogen) atoms. The van der Waals surface area contributed by atoms with E-state index in [0.29, 0.717) is 17.0 Å². The van der Waals surface area contributed by atoms with Crippen molar-refractivity contribution in [1.82, 2.24) is 10.2 Å². The smallest absolute Gasteiger partial charge is 0.396 e. The summed E-state index contributed by atoms with van der Waals surface area (Å²) < 4.78 is 38.6. The number of benzene rings is 1. The van der Waals surface area contributed by atoms with Gasteiger partial charge in [-0.15, -0.1) is 0 Å². The first-order valence-electron chi connectivity index (χ1n) is 6.85. The predicted octanol–water partition coefficient (Wildman–Crippen LogP) is 2.69. The van der Waals surface area contributed by atoms with E-state index in [2.05, 4.69) is 10.2 Å². The highest BCUT2D eigenvalue weighted by atomic mass is 35.5. The number of hydrogen-bond acceptors (Lipinski definition) is 3. The van der Waals surface area contributed by atoms with E-state index in [1.54, 1.807) is 0 Å². The number of aliphatic hydroxyl groups excluding tert-OH is 1. The Balaban J connectivity index is 2.34. The number of aliphatic hydroxyl groups is 1. The zero-order valence-electron chi connectivity index (χ0n) is 11.5. The van der Waals surface area contributed by atoms with Crippen LogP contribution < -0.4 is 5.32 Å². The SMILES string of the molecule is OCC[C@H](c1cc(C(F)(F)F)ccc1Cl)N1CCNCC1. The van der Waals surface area contributed by atoms with Crippen LogP contribution in [0.15, 0.2) is 18.2 Å². The summed E-state index contributed by atoms with van der Waals surface area (Å²) in [4.78, 5) is 2.06. The fourth-order valence-electron chi connectivity index (χ4n) is 2.63. The van der Waals surface area contributed by atoms with Crippen molar-refractivity contribution >= 4 is 11.6 Å². The lowest BCUT2D eigenvalue weighted by Crippen LogP contribution is -2.45. The summed E-state index contributed by atoms with van der Waals surface area (Å²) >= 11 is 6.10. The summed E-state index contributed by atoms with van der Waals surface area (Å²) in [6.45, 7) is 2.90. The maximum absolute atomic E-state index is 12.9. The van der Waals surface area contributed by atoms with E-state index in [9.17, 15) is 18.3 Å². The minimum atomic E-state index is -4.40. The van der Waals surface area contributed by atoms with Gasteiger partial charge in [0.2, 0.25) is 0 Å². The Morgan fingerprint density at radius 3 is 2.52 bits per heavy atom. The molecular formula is C14H18ClF3N2O. The Bertz CT molecular complexity index is 476. The Hall–Kier alpha value is -0.820. The van der Waals surface area contributed by atoms with Crippen LogP contribution in [0.1, 0.15) is 23.6 Å². The number of halogens is 4. The lowest BCUT2D eigenvalue weighted by Gasteiger charge is -2.35. The van der Waals surface area contributed by atoms with Crippen LogP contribution in [0.2, 0.25) is 5.02 Å². The number of piperazine rings is 1. The van der Waals surface area contributed by atoms with Crippen molar-refractivity contribution in [3.63, 3.8) is 0 Å². The molecule has 3 nitrogen and oxygen atoms in total. The molecule has 1 fully saturated rings. The van der Waals surface area contributed by atoms with Crippen LogP contribution in [0.5, 0.6) is 0 Å². The fourth-order valence-corrected chi connectivity index (χ4v) is 2.87. The molecule has 7 heteroatoms. The average molecular weight is 323 g/mol. The second-order valence-corrected chi connectivity index (χ2v) is 5.46. The largest absolute Gasteiger partial charge is 0.416 e. The molecule has 0 aromatic heterocycles. The maximum atomic E-state index is 12.9. The van der Waals surface area contributed by atoms with Crippen molar-refractivity contribution in [2.24, 2.45) is 0 Å². The van der Waals surface area contributed by atoms with Crippen molar-refractivity contribution in [2.45, 2.75) is 18.6 Å². The molecule has 0 radical (unpaired) electrons. The molecule has 0 unspecified atom stereocenters. The van der Waals surface area contributed by atoms with Gasteiger partial charge in [0, 0.05) is 43.9 Å².